The van der Waals surface area contributed by atoms with Gasteiger partial charge in [-0.25, -0.2) is 5.43 Å². The number of nitrogens with zero attached hydrogens (tertiary/aromatic N) is 1. The molecule has 0 fully saturated rings. The van der Waals surface area contributed by atoms with E-state index >= 15 is 0 Å². The van der Waals surface area contributed by atoms with Crippen molar-refractivity contribution in [1.82, 2.24) is 5.43 Å². The molecule has 3 rings (SSSR count). The average molecular weight is 414 g/mol. The van der Waals surface area contributed by atoms with Gasteiger partial charge in [0.05, 0.1) is 5.71 Å². The van der Waals surface area contributed by atoms with E-state index in [2.05, 4.69) is 57.4 Å². The molecule has 23 heavy (non-hydrogen) atoms. The number of hydrazone groups is 1. The number of fused-ring (bicyclic) bond motifs is 1. The molecule has 114 valence electrons. The molecule has 3 aromatic carbocycles. The number of hydrogen-bond donors (Lipinski definition) is 1. The van der Waals surface area contributed by atoms with Gasteiger partial charge in [0.2, 0.25) is 0 Å². The van der Waals surface area contributed by atoms with Crippen molar-refractivity contribution in [1.29, 1.82) is 0 Å². The highest BCUT2D eigenvalue weighted by molar-refractivity contribution is 14.1. The summed E-state index contributed by atoms with van der Waals surface area (Å²) in [5.41, 5.74) is 4.99. The maximum absolute atomic E-state index is 12.1. The van der Waals surface area contributed by atoms with Crippen LogP contribution in [-0.4, -0.2) is 11.6 Å². The molecule has 0 unspecified atom stereocenters. The maximum atomic E-state index is 12.1. The summed E-state index contributed by atoms with van der Waals surface area (Å²) in [4.78, 5) is 12.1. The van der Waals surface area contributed by atoms with E-state index in [4.69, 9.17) is 0 Å². The van der Waals surface area contributed by atoms with Crippen molar-refractivity contribution in [2.75, 3.05) is 0 Å². The van der Waals surface area contributed by atoms with Gasteiger partial charge in [0.1, 0.15) is 0 Å². The monoisotopic (exact) mass is 414 g/mol. The molecular weight excluding hydrogens is 399 g/mol. The minimum Gasteiger partial charge on any atom is -0.267 e. The topological polar surface area (TPSA) is 41.5 Å². The first-order valence-electron chi connectivity index (χ1n) is 7.23. The predicted octanol–water partition coefficient (Wildman–Crippen LogP) is 4.60. The molecule has 0 spiro atoms. The minimum atomic E-state index is -0.205. The Morgan fingerprint density at radius 3 is 2.48 bits per heavy atom. The highest BCUT2D eigenvalue weighted by atomic mass is 127. The van der Waals surface area contributed by atoms with Crippen molar-refractivity contribution < 1.29 is 4.79 Å². The largest absolute Gasteiger partial charge is 0.271 e. The number of hydrogen-bond acceptors (Lipinski definition) is 2. The lowest BCUT2D eigenvalue weighted by atomic mass is 10.0. The Morgan fingerprint density at radius 2 is 1.70 bits per heavy atom. The van der Waals surface area contributed by atoms with Crippen LogP contribution in [0.2, 0.25) is 0 Å². The van der Waals surface area contributed by atoms with Crippen molar-refractivity contribution in [2.24, 2.45) is 5.10 Å². The normalized spacial score (nSPS) is 11.5. The molecule has 0 bridgehead atoms. The second-order valence-electron chi connectivity index (χ2n) is 5.21. The SMILES string of the molecule is CC(=NNC(=O)c1cccc(I)c1)c1ccc2ccccc2c1. The van der Waals surface area contributed by atoms with Gasteiger partial charge in [0, 0.05) is 9.13 Å². The molecule has 0 saturated heterocycles. The van der Waals surface area contributed by atoms with E-state index in [1.807, 2.05) is 43.3 Å². The van der Waals surface area contributed by atoms with Crippen LogP contribution in [0.3, 0.4) is 0 Å². The third-order valence-electron chi connectivity index (χ3n) is 3.58. The Balaban J connectivity index is 1.79. The quantitative estimate of drug-likeness (QED) is 0.380. The summed E-state index contributed by atoms with van der Waals surface area (Å²) in [6, 6.07) is 21.7. The van der Waals surface area contributed by atoms with Crippen LogP contribution in [0, 0.1) is 3.57 Å². The van der Waals surface area contributed by atoms with Gasteiger partial charge in [-0.2, -0.15) is 5.10 Å². The summed E-state index contributed by atoms with van der Waals surface area (Å²) < 4.78 is 1.02. The fourth-order valence-electron chi connectivity index (χ4n) is 2.31. The first-order valence-corrected chi connectivity index (χ1v) is 8.31. The second-order valence-corrected chi connectivity index (χ2v) is 6.46. The number of halogens is 1. The molecule has 0 heterocycles. The van der Waals surface area contributed by atoms with Crippen molar-refractivity contribution >= 4 is 45.0 Å². The zero-order chi connectivity index (χ0) is 16.2. The van der Waals surface area contributed by atoms with Crippen molar-refractivity contribution in [3.63, 3.8) is 0 Å². The van der Waals surface area contributed by atoms with Gasteiger partial charge in [0.25, 0.3) is 5.91 Å². The standard InChI is InChI=1S/C19H15IN2O/c1-13(15-10-9-14-5-2-3-6-16(14)11-15)21-22-19(23)17-7-4-8-18(20)12-17/h2-12H,1H3,(H,22,23). The molecule has 3 nitrogen and oxygen atoms in total. The molecule has 0 aromatic heterocycles. The number of nitrogens with one attached hydrogen (secondary N) is 1. The highest BCUT2D eigenvalue weighted by Crippen LogP contribution is 2.16. The zero-order valence-corrected chi connectivity index (χ0v) is 14.7. The smallest absolute Gasteiger partial charge is 0.267 e. The van der Waals surface area contributed by atoms with Gasteiger partial charge in [-0.05, 0) is 70.1 Å². The summed E-state index contributed by atoms with van der Waals surface area (Å²) in [6.07, 6.45) is 0. The van der Waals surface area contributed by atoms with Gasteiger partial charge in [-0.3, -0.25) is 4.79 Å². The predicted molar refractivity (Wildman–Crippen MR) is 103 cm³/mol. The van der Waals surface area contributed by atoms with Crippen LogP contribution in [0.4, 0.5) is 0 Å². The van der Waals surface area contributed by atoms with Gasteiger partial charge in [0.15, 0.2) is 0 Å². The minimum absolute atomic E-state index is 0.205. The molecule has 0 radical (unpaired) electrons. The second kappa shape index (κ2) is 6.91. The van der Waals surface area contributed by atoms with E-state index in [-0.39, 0.29) is 5.91 Å². The molecule has 1 amide bonds. The first-order chi connectivity index (χ1) is 11.1. The molecule has 0 saturated carbocycles. The molecule has 4 heteroatoms. The van der Waals surface area contributed by atoms with E-state index in [1.54, 1.807) is 6.07 Å². The number of carbonyl (C=O) groups is 1. The zero-order valence-electron chi connectivity index (χ0n) is 12.6. The summed E-state index contributed by atoms with van der Waals surface area (Å²) in [5.74, 6) is -0.205. The Morgan fingerprint density at radius 1 is 0.913 bits per heavy atom. The third kappa shape index (κ3) is 3.76. The Hall–Kier alpha value is -2.21. The molecule has 1 N–H and O–H groups in total. The molecule has 0 aliphatic heterocycles. The van der Waals surface area contributed by atoms with Crippen molar-refractivity contribution in [3.05, 3.63) is 81.4 Å². The average Bonchev–Trinajstić information content (AvgIpc) is 2.59. The molecule has 0 atom stereocenters. The van der Waals surface area contributed by atoms with Crippen LogP contribution in [-0.2, 0) is 0 Å². The maximum Gasteiger partial charge on any atom is 0.271 e. The Kier molecular flexibility index (Phi) is 4.71. The fraction of sp³-hybridized carbons (Fsp3) is 0.0526. The van der Waals surface area contributed by atoms with Crippen molar-refractivity contribution in [2.45, 2.75) is 6.92 Å². The van der Waals surface area contributed by atoms with E-state index in [1.165, 1.54) is 5.39 Å². The van der Waals surface area contributed by atoms with Crippen LogP contribution in [0.15, 0.2) is 71.8 Å². The van der Waals surface area contributed by atoms with Crippen LogP contribution in [0.5, 0.6) is 0 Å². The van der Waals surface area contributed by atoms with E-state index < -0.39 is 0 Å². The van der Waals surface area contributed by atoms with Crippen LogP contribution in [0.1, 0.15) is 22.8 Å². The van der Waals surface area contributed by atoms with Gasteiger partial charge in [-0.1, -0.05) is 42.5 Å². The Labute approximate surface area is 148 Å². The Bertz CT molecular complexity index is 903. The van der Waals surface area contributed by atoms with E-state index in [9.17, 15) is 4.79 Å². The van der Waals surface area contributed by atoms with Gasteiger partial charge < -0.3 is 0 Å². The van der Waals surface area contributed by atoms with Crippen molar-refractivity contribution in [3.8, 4) is 0 Å². The molecule has 3 aromatic rings. The number of rotatable bonds is 3. The third-order valence-corrected chi connectivity index (χ3v) is 4.25. The van der Waals surface area contributed by atoms with Gasteiger partial charge in [-0.15, -0.1) is 0 Å². The van der Waals surface area contributed by atoms with Gasteiger partial charge >= 0.3 is 0 Å². The summed E-state index contributed by atoms with van der Waals surface area (Å²) in [5, 5.41) is 6.56. The lowest BCUT2D eigenvalue weighted by Crippen LogP contribution is -2.19. The summed E-state index contributed by atoms with van der Waals surface area (Å²) >= 11 is 2.18. The number of benzene rings is 3. The van der Waals surface area contributed by atoms with E-state index in [0.29, 0.717) is 5.56 Å². The molecule has 0 aliphatic carbocycles. The van der Waals surface area contributed by atoms with Crippen LogP contribution < -0.4 is 5.43 Å². The molecular formula is C19H15IN2O. The van der Waals surface area contributed by atoms with E-state index in [0.717, 1.165) is 20.2 Å². The number of amides is 1. The fourth-order valence-corrected chi connectivity index (χ4v) is 2.85. The first kappa shape index (κ1) is 15.7. The lowest BCUT2D eigenvalue weighted by Gasteiger charge is -2.05. The van der Waals surface area contributed by atoms with Crippen LogP contribution in [0.25, 0.3) is 10.8 Å². The lowest BCUT2D eigenvalue weighted by molar-refractivity contribution is 0.0955. The summed E-state index contributed by atoms with van der Waals surface area (Å²) in [7, 11) is 0. The number of carbonyl (C=O) groups excluding carboxylic acids is 1. The molecule has 0 aliphatic rings. The highest BCUT2D eigenvalue weighted by Gasteiger charge is 2.05. The van der Waals surface area contributed by atoms with Crippen LogP contribution >= 0.6 is 22.6 Å². The summed E-state index contributed by atoms with van der Waals surface area (Å²) in [6.45, 7) is 1.89.